The Morgan fingerprint density at radius 1 is 1.32 bits per heavy atom. The maximum atomic E-state index is 11.6. The molecule has 0 radical (unpaired) electrons. The third-order valence-corrected chi connectivity index (χ3v) is 3.28. The lowest BCUT2D eigenvalue weighted by Gasteiger charge is -2.18. The molecule has 98 valence electrons. The largest absolute Gasteiger partial charge is 0.356 e. The molecule has 7 heteroatoms. The summed E-state index contributed by atoms with van der Waals surface area (Å²) in [5.41, 5.74) is 7.11. The monoisotopic (exact) mass is 259 g/mol. The molecular weight excluding hydrogens is 246 g/mol. The van der Waals surface area contributed by atoms with Gasteiger partial charge in [0.05, 0.1) is 6.04 Å². The van der Waals surface area contributed by atoms with E-state index in [2.05, 4.69) is 20.5 Å². The molecule has 2 unspecified atom stereocenters. The third-order valence-electron chi connectivity index (χ3n) is 3.28. The van der Waals surface area contributed by atoms with Gasteiger partial charge in [-0.2, -0.15) is 0 Å². The standard InChI is InChI=1S/C12H13N5O2/c13-8-5-6-3-1-2-4-7(6)9(8)14-10-11(18)15-12(19)17-16-10/h1-4,8-9H,5,13H2,(H,14,16)(H2,15,17,18,19). The van der Waals surface area contributed by atoms with Crippen LogP contribution in [0.5, 0.6) is 0 Å². The van der Waals surface area contributed by atoms with Gasteiger partial charge in [0, 0.05) is 6.04 Å². The molecule has 0 amide bonds. The van der Waals surface area contributed by atoms with Crippen LogP contribution < -0.4 is 22.3 Å². The van der Waals surface area contributed by atoms with Crippen molar-refractivity contribution in [1.82, 2.24) is 15.2 Å². The van der Waals surface area contributed by atoms with Crippen LogP contribution >= 0.6 is 0 Å². The van der Waals surface area contributed by atoms with Crippen molar-refractivity contribution in [3.05, 3.63) is 56.2 Å². The van der Waals surface area contributed by atoms with E-state index in [1.807, 2.05) is 24.3 Å². The van der Waals surface area contributed by atoms with Crippen LogP contribution in [0.3, 0.4) is 0 Å². The van der Waals surface area contributed by atoms with Crippen molar-refractivity contribution in [3.8, 4) is 0 Å². The van der Waals surface area contributed by atoms with E-state index in [0.29, 0.717) is 0 Å². The highest BCUT2D eigenvalue weighted by Crippen LogP contribution is 2.31. The molecule has 1 heterocycles. The van der Waals surface area contributed by atoms with Gasteiger partial charge in [-0.25, -0.2) is 9.89 Å². The van der Waals surface area contributed by atoms with Gasteiger partial charge < -0.3 is 11.1 Å². The third kappa shape index (κ3) is 2.04. The predicted octanol–water partition coefficient (Wildman–Crippen LogP) is -0.505. The number of hydrogen-bond acceptors (Lipinski definition) is 5. The average Bonchev–Trinajstić information content (AvgIpc) is 2.69. The lowest BCUT2D eigenvalue weighted by molar-refractivity contribution is 0.620. The summed E-state index contributed by atoms with van der Waals surface area (Å²) in [5.74, 6) is 0.0664. The van der Waals surface area contributed by atoms with E-state index in [9.17, 15) is 9.59 Å². The Labute approximate surface area is 107 Å². The number of hydrogen-bond donors (Lipinski definition) is 4. The van der Waals surface area contributed by atoms with Gasteiger partial charge in [-0.15, -0.1) is 5.10 Å². The van der Waals surface area contributed by atoms with Crippen LogP contribution in [-0.4, -0.2) is 21.2 Å². The fourth-order valence-corrected chi connectivity index (χ4v) is 2.40. The molecule has 0 saturated heterocycles. The van der Waals surface area contributed by atoms with Crippen molar-refractivity contribution in [1.29, 1.82) is 0 Å². The second kappa shape index (κ2) is 4.36. The second-order valence-electron chi connectivity index (χ2n) is 4.54. The van der Waals surface area contributed by atoms with Gasteiger partial charge in [-0.1, -0.05) is 24.3 Å². The first-order chi connectivity index (χ1) is 9.15. The van der Waals surface area contributed by atoms with Gasteiger partial charge in [0.2, 0.25) is 5.82 Å². The highest BCUT2D eigenvalue weighted by Gasteiger charge is 2.30. The highest BCUT2D eigenvalue weighted by atomic mass is 16.2. The number of rotatable bonds is 2. The summed E-state index contributed by atoms with van der Waals surface area (Å²) in [4.78, 5) is 24.6. The number of fused-ring (bicyclic) bond motifs is 1. The Hall–Kier alpha value is -2.41. The smallest absolute Gasteiger partial charge is 0.342 e. The molecule has 19 heavy (non-hydrogen) atoms. The number of nitrogens with one attached hydrogen (secondary N) is 3. The Morgan fingerprint density at radius 2 is 2.11 bits per heavy atom. The molecule has 2 aromatic rings. The van der Waals surface area contributed by atoms with Gasteiger partial charge in [0.25, 0.3) is 5.56 Å². The fourth-order valence-electron chi connectivity index (χ4n) is 2.40. The van der Waals surface area contributed by atoms with E-state index < -0.39 is 11.2 Å². The first-order valence-electron chi connectivity index (χ1n) is 5.94. The molecule has 0 saturated carbocycles. The number of benzene rings is 1. The summed E-state index contributed by atoms with van der Waals surface area (Å²) >= 11 is 0. The quantitative estimate of drug-likeness (QED) is 0.580. The maximum Gasteiger partial charge on any atom is 0.342 e. The Kier molecular flexibility index (Phi) is 2.68. The first kappa shape index (κ1) is 11.7. The minimum Gasteiger partial charge on any atom is -0.356 e. The minimum atomic E-state index is -0.633. The molecule has 5 N–H and O–H groups in total. The maximum absolute atomic E-state index is 11.6. The number of nitrogens with two attached hydrogens (primary N) is 1. The van der Waals surface area contributed by atoms with Gasteiger partial charge in [-0.3, -0.25) is 9.78 Å². The Morgan fingerprint density at radius 3 is 2.89 bits per heavy atom. The number of aromatic nitrogens is 3. The van der Waals surface area contributed by atoms with Crippen LogP contribution in [0.25, 0.3) is 0 Å². The van der Waals surface area contributed by atoms with Crippen LogP contribution in [-0.2, 0) is 6.42 Å². The van der Waals surface area contributed by atoms with Gasteiger partial charge in [0.15, 0.2) is 0 Å². The van der Waals surface area contributed by atoms with Crippen molar-refractivity contribution in [3.63, 3.8) is 0 Å². The molecule has 0 fully saturated rings. The molecule has 2 atom stereocenters. The summed E-state index contributed by atoms with van der Waals surface area (Å²) in [6.45, 7) is 0. The zero-order valence-corrected chi connectivity index (χ0v) is 10.0. The second-order valence-corrected chi connectivity index (χ2v) is 4.54. The minimum absolute atomic E-state index is 0.0664. The normalized spacial score (nSPS) is 21.1. The summed E-state index contributed by atoms with van der Waals surface area (Å²) in [7, 11) is 0. The predicted molar refractivity (Wildman–Crippen MR) is 70.0 cm³/mol. The molecule has 0 bridgehead atoms. The number of aromatic amines is 2. The Bertz CT molecular complexity index is 720. The van der Waals surface area contributed by atoms with Crippen LogP contribution in [0, 0.1) is 0 Å². The Balaban J connectivity index is 1.95. The molecule has 1 aromatic heterocycles. The van der Waals surface area contributed by atoms with Crippen molar-refractivity contribution >= 4 is 5.82 Å². The zero-order valence-electron chi connectivity index (χ0n) is 10.0. The lowest BCUT2D eigenvalue weighted by Crippen LogP contribution is -2.34. The molecule has 1 aromatic carbocycles. The van der Waals surface area contributed by atoms with Gasteiger partial charge >= 0.3 is 5.69 Å². The average molecular weight is 259 g/mol. The molecule has 0 spiro atoms. The van der Waals surface area contributed by atoms with E-state index >= 15 is 0 Å². The molecular formula is C12H13N5O2. The van der Waals surface area contributed by atoms with Crippen molar-refractivity contribution in [2.45, 2.75) is 18.5 Å². The van der Waals surface area contributed by atoms with Crippen molar-refractivity contribution in [2.75, 3.05) is 5.32 Å². The summed E-state index contributed by atoms with van der Waals surface area (Å²) in [6.07, 6.45) is 0.745. The molecule has 0 aliphatic heterocycles. The van der Waals surface area contributed by atoms with E-state index in [0.717, 1.165) is 17.5 Å². The van der Waals surface area contributed by atoms with Crippen LogP contribution in [0.4, 0.5) is 5.82 Å². The molecule has 7 nitrogen and oxygen atoms in total. The van der Waals surface area contributed by atoms with E-state index in [-0.39, 0.29) is 17.9 Å². The SMILES string of the molecule is NC1Cc2ccccc2C1Nc1n[nH]c(=O)[nH]c1=O. The van der Waals surface area contributed by atoms with E-state index in [4.69, 9.17) is 5.73 Å². The van der Waals surface area contributed by atoms with Crippen LogP contribution in [0.1, 0.15) is 17.2 Å². The number of anilines is 1. The van der Waals surface area contributed by atoms with E-state index in [1.165, 1.54) is 0 Å². The van der Waals surface area contributed by atoms with Crippen molar-refractivity contribution in [2.24, 2.45) is 5.73 Å². The molecule has 1 aliphatic carbocycles. The van der Waals surface area contributed by atoms with Gasteiger partial charge in [-0.05, 0) is 17.5 Å². The van der Waals surface area contributed by atoms with Crippen molar-refractivity contribution < 1.29 is 0 Å². The highest BCUT2D eigenvalue weighted by molar-refractivity contribution is 5.44. The summed E-state index contributed by atoms with van der Waals surface area (Å²) < 4.78 is 0. The zero-order chi connectivity index (χ0) is 13.4. The summed E-state index contributed by atoms with van der Waals surface area (Å²) in [6, 6.07) is 7.55. The van der Waals surface area contributed by atoms with Gasteiger partial charge in [0.1, 0.15) is 0 Å². The first-order valence-corrected chi connectivity index (χ1v) is 5.94. The fraction of sp³-hybridized carbons (Fsp3) is 0.250. The van der Waals surface area contributed by atoms with Crippen LogP contribution in [0.2, 0.25) is 0 Å². The van der Waals surface area contributed by atoms with Crippen LogP contribution in [0.15, 0.2) is 33.9 Å². The number of H-pyrrole nitrogens is 2. The topological polar surface area (TPSA) is 117 Å². The lowest BCUT2D eigenvalue weighted by atomic mass is 10.1. The molecule has 3 rings (SSSR count). The number of nitrogens with zero attached hydrogens (tertiary/aromatic N) is 1. The molecule has 1 aliphatic rings. The van der Waals surface area contributed by atoms with E-state index in [1.54, 1.807) is 0 Å². The summed E-state index contributed by atoms with van der Waals surface area (Å²) in [5, 5.41) is 8.88.